The van der Waals surface area contributed by atoms with Crippen LogP contribution in [0, 0.1) is 0 Å². The van der Waals surface area contributed by atoms with E-state index in [0.717, 1.165) is 87.7 Å². The number of nitrogens with one attached hydrogen (secondary N) is 1. The first kappa shape index (κ1) is 25.1. The van der Waals surface area contributed by atoms with Crippen molar-refractivity contribution in [2.45, 2.75) is 63.5 Å². The van der Waals surface area contributed by atoms with Crippen LogP contribution >= 0.6 is 0 Å². The number of benzene rings is 2. The van der Waals surface area contributed by atoms with E-state index in [0.29, 0.717) is 12.1 Å². The molecule has 2 aromatic carbocycles. The van der Waals surface area contributed by atoms with Crippen LogP contribution in [0.5, 0.6) is 0 Å². The van der Waals surface area contributed by atoms with Gasteiger partial charge in [-0.3, -0.25) is 9.69 Å². The van der Waals surface area contributed by atoms with Crippen molar-refractivity contribution < 1.29 is 4.79 Å². The van der Waals surface area contributed by atoms with Crippen molar-refractivity contribution in [3.05, 3.63) is 60.3 Å². The monoisotopic (exact) mass is 512 g/mol. The molecule has 0 saturated carbocycles. The number of carbonyl (C=O) groups is 1. The van der Waals surface area contributed by atoms with E-state index in [9.17, 15) is 4.79 Å². The Morgan fingerprint density at radius 1 is 0.816 bits per heavy atom. The first-order chi connectivity index (χ1) is 18.7. The second-order valence-electron chi connectivity index (χ2n) is 11.2. The summed E-state index contributed by atoms with van der Waals surface area (Å²) in [6.45, 7) is 5.89. The molecule has 3 aromatic rings. The van der Waals surface area contributed by atoms with E-state index in [1.54, 1.807) is 0 Å². The number of piperidine rings is 2. The molecule has 38 heavy (non-hydrogen) atoms. The molecule has 1 amide bonds. The lowest BCUT2D eigenvalue weighted by Gasteiger charge is -2.43. The van der Waals surface area contributed by atoms with E-state index in [2.05, 4.69) is 43.2 Å². The van der Waals surface area contributed by atoms with Gasteiger partial charge in [0.25, 0.3) is 5.91 Å². The molecular weight excluding hydrogens is 472 g/mol. The fourth-order valence-corrected chi connectivity index (χ4v) is 6.48. The van der Waals surface area contributed by atoms with Gasteiger partial charge in [-0.25, -0.2) is 4.98 Å². The highest BCUT2D eigenvalue weighted by Crippen LogP contribution is 2.25. The normalized spacial score (nSPS) is 23.3. The first-order valence-electron chi connectivity index (χ1n) is 14.6. The predicted octanol–water partition coefficient (Wildman–Crippen LogP) is 5.19. The Hall–Kier alpha value is -3.19. The number of rotatable bonds is 5. The van der Waals surface area contributed by atoms with Crippen LogP contribution in [0.25, 0.3) is 10.8 Å². The summed E-state index contributed by atoms with van der Waals surface area (Å²) in [5.74, 6) is 1.95. The molecule has 6 rings (SSSR count). The molecule has 3 fully saturated rings. The van der Waals surface area contributed by atoms with Crippen LogP contribution in [0.2, 0.25) is 0 Å². The second kappa shape index (κ2) is 11.7. The summed E-state index contributed by atoms with van der Waals surface area (Å²) in [4.78, 5) is 30.0. The Morgan fingerprint density at radius 2 is 1.63 bits per heavy atom. The van der Waals surface area contributed by atoms with E-state index < -0.39 is 0 Å². The predicted molar refractivity (Wildman–Crippen MR) is 154 cm³/mol. The first-order valence-corrected chi connectivity index (χ1v) is 14.6. The molecule has 2 unspecified atom stereocenters. The maximum atomic E-state index is 13.4. The van der Waals surface area contributed by atoms with Crippen LogP contribution in [0.3, 0.4) is 0 Å². The minimum Gasteiger partial charge on any atom is -0.356 e. The van der Waals surface area contributed by atoms with Crippen molar-refractivity contribution >= 4 is 28.4 Å². The zero-order valence-corrected chi connectivity index (χ0v) is 22.4. The Morgan fingerprint density at radius 3 is 2.50 bits per heavy atom. The number of carbonyl (C=O) groups excluding carboxylic acids is 1. The van der Waals surface area contributed by atoms with Crippen LogP contribution in [0.4, 0.5) is 11.8 Å². The minimum atomic E-state index is 0.158. The Bertz CT molecular complexity index is 1240. The maximum absolute atomic E-state index is 13.4. The quantitative estimate of drug-likeness (QED) is 0.508. The summed E-state index contributed by atoms with van der Waals surface area (Å²) < 4.78 is 0. The van der Waals surface area contributed by atoms with Crippen molar-refractivity contribution in [3.8, 4) is 0 Å². The highest BCUT2D eigenvalue weighted by Gasteiger charge is 2.31. The van der Waals surface area contributed by atoms with Gasteiger partial charge in [0.15, 0.2) is 0 Å². The molecule has 3 saturated heterocycles. The zero-order chi connectivity index (χ0) is 25.7. The van der Waals surface area contributed by atoms with Gasteiger partial charge in [0.2, 0.25) is 5.95 Å². The molecule has 1 aromatic heterocycles. The van der Waals surface area contributed by atoms with Crippen molar-refractivity contribution in [1.29, 1.82) is 0 Å². The van der Waals surface area contributed by atoms with Crippen LogP contribution in [0.1, 0.15) is 61.7 Å². The SMILES string of the molecule is O=C(c1ccc2ccccc2c1)N1CCCC(N2CCCC(Nc3nccc(N4CCCCCC4)n3)C2)C1. The van der Waals surface area contributed by atoms with Gasteiger partial charge in [-0.1, -0.05) is 43.2 Å². The highest BCUT2D eigenvalue weighted by molar-refractivity contribution is 5.98. The number of amides is 1. The van der Waals surface area contributed by atoms with Crippen molar-refractivity contribution in [2.75, 3.05) is 49.5 Å². The summed E-state index contributed by atoms with van der Waals surface area (Å²) >= 11 is 0. The highest BCUT2D eigenvalue weighted by atomic mass is 16.2. The van der Waals surface area contributed by atoms with Crippen LogP contribution in [-0.4, -0.2) is 77.0 Å². The lowest BCUT2D eigenvalue weighted by Crippen LogP contribution is -2.54. The minimum absolute atomic E-state index is 0.158. The molecule has 2 atom stereocenters. The molecule has 3 aliphatic heterocycles. The summed E-state index contributed by atoms with van der Waals surface area (Å²) in [6, 6.07) is 17.1. The molecule has 0 spiro atoms. The van der Waals surface area contributed by atoms with Crippen molar-refractivity contribution in [2.24, 2.45) is 0 Å². The molecule has 4 heterocycles. The Labute approximate surface area is 226 Å². The van der Waals surface area contributed by atoms with Crippen molar-refractivity contribution in [3.63, 3.8) is 0 Å². The third kappa shape index (κ3) is 5.78. The number of aromatic nitrogens is 2. The maximum Gasteiger partial charge on any atom is 0.253 e. The Balaban J connectivity index is 1.08. The molecule has 7 nitrogen and oxygen atoms in total. The van der Waals surface area contributed by atoms with E-state index in [4.69, 9.17) is 4.98 Å². The molecule has 0 radical (unpaired) electrons. The number of hydrogen-bond donors (Lipinski definition) is 1. The lowest BCUT2D eigenvalue weighted by atomic mass is 9.98. The van der Waals surface area contributed by atoms with E-state index >= 15 is 0 Å². The fourth-order valence-electron chi connectivity index (χ4n) is 6.48. The number of fused-ring (bicyclic) bond motifs is 1. The van der Waals surface area contributed by atoms with Gasteiger partial charge in [0, 0.05) is 56.6 Å². The van der Waals surface area contributed by atoms with E-state index in [1.165, 1.54) is 31.1 Å². The number of anilines is 2. The van der Waals surface area contributed by atoms with Gasteiger partial charge < -0.3 is 15.1 Å². The average Bonchev–Trinajstić information content (AvgIpc) is 3.27. The van der Waals surface area contributed by atoms with Crippen LogP contribution in [0.15, 0.2) is 54.7 Å². The molecule has 7 heteroatoms. The topological polar surface area (TPSA) is 64.6 Å². The zero-order valence-electron chi connectivity index (χ0n) is 22.4. The van der Waals surface area contributed by atoms with Crippen LogP contribution < -0.4 is 10.2 Å². The molecule has 3 aliphatic rings. The van der Waals surface area contributed by atoms with Gasteiger partial charge in [0.1, 0.15) is 5.82 Å². The lowest BCUT2D eigenvalue weighted by molar-refractivity contribution is 0.0526. The standard InChI is InChI=1S/C31H40N6O/c38-30(26-14-13-24-9-3-4-10-25(24)21-26)37-20-8-12-28(23-37)36-19-7-11-27(22-36)33-31-32-16-15-29(34-31)35-17-5-1-2-6-18-35/h3-4,9-10,13-16,21,27-28H,1-2,5-8,11-12,17-20,22-23H2,(H,32,33,34). The van der Waals surface area contributed by atoms with Gasteiger partial charge in [-0.05, 0) is 74.0 Å². The average molecular weight is 513 g/mol. The molecular formula is C31H40N6O. The summed E-state index contributed by atoms with van der Waals surface area (Å²) in [6.07, 6.45) is 11.5. The molecule has 200 valence electrons. The largest absolute Gasteiger partial charge is 0.356 e. The van der Waals surface area contributed by atoms with Crippen molar-refractivity contribution in [1.82, 2.24) is 19.8 Å². The molecule has 0 aliphatic carbocycles. The molecule has 1 N–H and O–H groups in total. The summed E-state index contributed by atoms with van der Waals surface area (Å²) in [5.41, 5.74) is 0.795. The Kier molecular flexibility index (Phi) is 7.72. The smallest absolute Gasteiger partial charge is 0.253 e. The van der Waals surface area contributed by atoms with Gasteiger partial charge in [-0.2, -0.15) is 4.98 Å². The number of likely N-dealkylation sites (tertiary alicyclic amines) is 2. The van der Waals surface area contributed by atoms with E-state index in [-0.39, 0.29) is 5.91 Å². The third-order valence-corrected chi connectivity index (χ3v) is 8.55. The van der Waals surface area contributed by atoms with Gasteiger partial charge in [-0.15, -0.1) is 0 Å². The van der Waals surface area contributed by atoms with Gasteiger partial charge in [0.05, 0.1) is 0 Å². The number of nitrogens with zero attached hydrogens (tertiary/aromatic N) is 5. The van der Waals surface area contributed by atoms with Crippen LogP contribution in [-0.2, 0) is 0 Å². The number of hydrogen-bond acceptors (Lipinski definition) is 6. The second-order valence-corrected chi connectivity index (χ2v) is 11.2. The molecule has 0 bridgehead atoms. The summed E-state index contributed by atoms with van der Waals surface area (Å²) in [7, 11) is 0. The fraction of sp³-hybridized carbons (Fsp3) is 0.516. The third-order valence-electron chi connectivity index (χ3n) is 8.55. The van der Waals surface area contributed by atoms with Gasteiger partial charge >= 0.3 is 0 Å². The van der Waals surface area contributed by atoms with E-state index in [1.807, 2.05) is 36.5 Å². The summed E-state index contributed by atoms with van der Waals surface area (Å²) in [5, 5.41) is 5.95.